The molecule has 132 valence electrons. The quantitative estimate of drug-likeness (QED) is 0.736. The molecule has 0 bridgehead atoms. The topological polar surface area (TPSA) is 76.1 Å². The molecule has 6 nitrogen and oxygen atoms in total. The summed E-state index contributed by atoms with van der Waals surface area (Å²) in [5.41, 5.74) is 0.306. The number of hydrogen-bond acceptors (Lipinski definition) is 4. The predicted molar refractivity (Wildman–Crippen MR) is 90.1 cm³/mol. The first-order valence-corrected chi connectivity index (χ1v) is 8.47. The summed E-state index contributed by atoms with van der Waals surface area (Å²) in [5.74, 6) is -0.583. The molecule has 7 heteroatoms. The third kappa shape index (κ3) is 4.54. The number of amides is 1. The van der Waals surface area contributed by atoms with Crippen LogP contribution in [0, 0.1) is 0 Å². The highest BCUT2D eigenvalue weighted by Crippen LogP contribution is 2.38. The van der Waals surface area contributed by atoms with E-state index >= 15 is 0 Å². The Morgan fingerprint density at radius 2 is 2.00 bits per heavy atom. The minimum Gasteiger partial charge on any atom is -0.490 e. The molecule has 0 atom stereocenters. The summed E-state index contributed by atoms with van der Waals surface area (Å²) in [6.45, 7) is 4.37. The summed E-state index contributed by atoms with van der Waals surface area (Å²) in [5, 5.41) is 9.31. The Labute approximate surface area is 146 Å². The van der Waals surface area contributed by atoms with Crippen molar-refractivity contribution in [1.82, 2.24) is 4.90 Å². The van der Waals surface area contributed by atoms with Gasteiger partial charge in [-0.05, 0) is 38.3 Å². The van der Waals surface area contributed by atoms with E-state index in [9.17, 15) is 9.59 Å². The van der Waals surface area contributed by atoms with Gasteiger partial charge >= 0.3 is 5.97 Å². The van der Waals surface area contributed by atoms with Gasteiger partial charge in [0.1, 0.15) is 6.54 Å². The van der Waals surface area contributed by atoms with Gasteiger partial charge < -0.3 is 19.5 Å². The van der Waals surface area contributed by atoms with Crippen molar-refractivity contribution in [1.29, 1.82) is 0 Å². The lowest BCUT2D eigenvalue weighted by Gasteiger charge is -2.21. The van der Waals surface area contributed by atoms with Crippen LogP contribution in [0.2, 0.25) is 5.02 Å². The molecular formula is C17H22ClNO5. The van der Waals surface area contributed by atoms with Crippen LogP contribution in [0.1, 0.15) is 43.5 Å². The van der Waals surface area contributed by atoms with Crippen molar-refractivity contribution in [2.75, 3.05) is 19.8 Å². The van der Waals surface area contributed by atoms with Crippen molar-refractivity contribution >= 4 is 23.5 Å². The lowest BCUT2D eigenvalue weighted by molar-refractivity contribution is -0.137. The van der Waals surface area contributed by atoms with Crippen LogP contribution in [-0.2, 0) is 4.79 Å². The van der Waals surface area contributed by atoms with Crippen molar-refractivity contribution in [3.8, 4) is 11.5 Å². The lowest BCUT2D eigenvalue weighted by atomic mass is 10.1. The second-order valence-electron chi connectivity index (χ2n) is 5.62. The Balaban J connectivity index is 2.31. The summed E-state index contributed by atoms with van der Waals surface area (Å²) in [6, 6.07) is 3.06. The zero-order valence-electron chi connectivity index (χ0n) is 13.9. The molecule has 0 aliphatic heterocycles. The molecule has 0 unspecified atom stereocenters. The molecule has 1 aromatic rings. The van der Waals surface area contributed by atoms with E-state index in [0.717, 1.165) is 19.3 Å². The number of hydrogen-bond donors (Lipinski definition) is 1. The average Bonchev–Trinajstić information content (AvgIpc) is 3.36. The molecule has 0 spiro atoms. The minimum absolute atomic E-state index is 0.0149. The highest BCUT2D eigenvalue weighted by molar-refractivity contribution is 6.32. The molecular weight excluding hydrogens is 334 g/mol. The van der Waals surface area contributed by atoms with Crippen LogP contribution >= 0.6 is 11.6 Å². The lowest BCUT2D eigenvalue weighted by Crippen LogP contribution is -2.37. The SMILES string of the molecule is CCCOc1c(Cl)cc(C(=O)N(CC(=O)O)C2CC2)cc1OCC. The third-order valence-electron chi connectivity index (χ3n) is 3.56. The fraction of sp³-hybridized carbons (Fsp3) is 0.529. The third-order valence-corrected chi connectivity index (χ3v) is 3.84. The van der Waals surface area contributed by atoms with Gasteiger partial charge in [0.05, 0.1) is 18.2 Å². The number of benzene rings is 1. The number of carbonyl (C=O) groups excluding carboxylic acids is 1. The van der Waals surface area contributed by atoms with E-state index in [1.807, 2.05) is 13.8 Å². The maximum absolute atomic E-state index is 12.7. The van der Waals surface area contributed by atoms with E-state index in [-0.39, 0.29) is 23.5 Å². The molecule has 1 aliphatic rings. The van der Waals surface area contributed by atoms with Gasteiger partial charge in [0.15, 0.2) is 11.5 Å². The molecule has 1 amide bonds. The van der Waals surface area contributed by atoms with Crippen molar-refractivity contribution in [3.05, 3.63) is 22.7 Å². The maximum atomic E-state index is 12.7. The van der Waals surface area contributed by atoms with Gasteiger partial charge in [0.2, 0.25) is 0 Å². The van der Waals surface area contributed by atoms with Gasteiger partial charge in [0.25, 0.3) is 5.91 Å². The van der Waals surface area contributed by atoms with Crippen molar-refractivity contribution in [2.24, 2.45) is 0 Å². The summed E-state index contributed by atoms with van der Waals surface area (Å²) < 4.78 is 11.2. The van der Waals surface area contributed by atoms with Crippen LogP contribution in [0.3, 0.4) is 0 Å². The molecule has 1 fully saturated rings. The summed E-state index contributed by atoms with van der Waals surface area (Å²) in [7, 11) is 0. The Morgan fingerprint density at radius 1 is 1.29 bits per heavy atom. The van der Waals surface area contributed by atoms with Crippen LogP contribution in [0.25, 0.3) is 0 Å². The second kappa shape index (κ2) is 8.24. The van der Waals surface area contributed by atoms with E-state index in [0.29, 0.717) is 30.3 Å². The number of ether oxygens (including phenoxy) is 2. The van der Waals surface area contributed by atoms with E-state index in [1.165, 1.54) is 11.0 Å². The minimum atomic E-state index is -1.03. The molecule has 0 radical (unpaired) electrons. The summed E-state index contributed by atoms with van der Waals surface area (Å²) in [6.07, 6.45) is 2.46. The van der Waals surface area contributed by atoms with Crippen LogP contribution in [0.15, 0.2) is 12.1 Å². The van der Waals surface area contributed by atoms with Gasteiger partial charge in [-0.1, -0.05) is 18.5 Å². The molecule has 2 rings (SSSR count). The maximum Gasteiger partial charge on any atom is 0.323 e. The highest BCUT2D eigenvalue weighted by Gasteiger charge is 2.35. The number of carbonyl (C=O) groups is 2. The zero-order valence-corrected chi connectivity index (χ0v) is 14.6. The van der Waals surface area contributed by atoms with Crippen molar-refractivity contribution in [3.63, 3.8) is 0 Å². The molecule has 24 heavy (non-hydrogen) atoms. The Morgan fingerprint density at radius 3 is 2.54 bits per heavy atom. The van der Waals surface area contributed by atoms with Gasteiger partial charge in [-0.3, -0.25) is 9.59 Å². The Kier molecular flexibility index (Phi) is 6.31. The number of rotatable bonds is 9. The predicted octanol–water partition coefficient (Wildman–Crippen LogP) is 3.22. The van der Waals surface area contributed by atoms with E-state index in [2.05, 4.69) is 0 Å². The zero-order chi connectivity index (χ0) is 17.7. The van der Waals surface area contributed by atoms with Gasteiger partial charge in [-0.2, -0.15) is 0 Å². The number of halogens is 1. The smallest absolute Gasteiger partial charge is 0.323 e. The summed E-state index contributed by atoms with van der Waals surface area (Å²) >= 11 is 6.26. The number of aliphatic carboxylic acids is 1. The fourth-order valence-electron chi connectivity index (χ4n) is 2.36. The van der Waals surface area contributed by atoms with Gasteiger partial charge in [0, 0.05) is 11.6 Å². The fourth-order valence-corrected chi connectivity index (χ4v) is 2.63. The molecule has 1 aromatic carbocycles. The van der Waals surface area contributed by atoms with Crippen molar-refractivity contribution < 1.29 is 24.2 Å². The second-order valence-corrected chi connectivity index (χ2v) is 6.03. The van der Waals surface area contributed by atoms with E-state index in [1.54, 1.807) is 6.07 Å². The molecule has 1 N–H and O–H groups in total. The van der Waals surface area contributed by atoms with E-state index in [4.69, 9.17) is 26.2 Å². The highest BCUT2D eigenvalue weighted by atomic mass is 35.5. The number of carboxylic acid groups (broad SMARTS) is 1. The van der Waals surface area contributed by atoms with Crippen LogP contribution in [0.5, 0.6) is 11.5 Å². The van der Waals surface area contributed by atoms with Crippen molar-refractivity contribution in [2.45, 2.75) is 39.2 Å². The number of carboxylic acids is 1. The molecule has 1 aliphatic carbocycles. The first-order valence-electron chi connectivity index (χ1n) is 8.09. The molecule has 1 saturated carbocycles. The van der Waals surface area contributed by atoms with Crippen LogP contribution < -0.4 is 9.47 Å². The average molecular weight is 356 g/mol. The first-order chi connectivity index (χ1) is 11.5. The largest absolute Gasteiger partial charge is 0.490 e. The number of nitrogens with zero attached hydrogens (tertiary/aromatic N) is 1. The van der Waals surface area contributed by atoms with Gasteiger partial charge in [-0.15, -0.1) is 0 Å². The van der Waals surface area contributed by atoms with Crippen LogP contribution in [0.4, 0.5) is 0 Å². The molecule has 0 heterocycles. The van der Waals surface area contributed by atoms with Crippen LogP contribution in [-0.4, -0.2) is 47.7 Å². The Bertz CT molecular complexity index is 615. The summed E-state index contributed by atoms with van der Waals surface area (Å²) in [4.78, 5) is 25.1. The molecule has 0 saturated heterocycles. The normalized spacial score (nSPS) is 13.5. The first kappa shape index (κ1) is 18.4. The molecule has 0 aromatic heterocycles. The van der Waals surface area contributed by atoms with Gasteiger partial charge in [-0.25, -0.2) is 0 Å². The standard InChI is InChI=1S/C17H22ClNO5/c1-3-7-24-16-13(18)8-11(9-14(16)23-4-2)17(22)19(10-15(20)21)12-5-6-12/h8-9,12H,3-7,10H2,1-2H3,(H,20,21). The monoisotopic (exact) mass is 355 g/mol. The Hall–Kier alpha value is -1.95. The van der Waals surface area contributed by atoms with E-state index < -0.39 is 5.97 Å².